The number of rotatable bonds is 43. The van der Waals surface area contributed by atoms with Crippen LogP contribution in [0, 0.1) is 0 Å². The lowest BCUT2D eigenvalue weighted by atomic mass is 10.0. The number of amides is 1. The maximum absolute atomic E-state index is 12.9. The van der Waals surface area contributed by atoms with Crippen LogP contribution in [-0.2, 0) is 18.4 Å². The molecule has 0 spiro atoms. The topological polar surface area (TPSA) is 105 Å². The number of phosphoric acid groups is 1. The van der Waals surface area contributed by atoms with Gasteiger partial charge in [0.2, 0.25) is 5.91 Å². The average molecular weight is 814 g/mol. The number of aliphatic hydroxyl groups is 1. The molecule has 0 aliphatic heterocycles. The standard InChI is InChI=1S/C47H93N2O6P/c1-6-8-10-12-14-16-18-20-22-23-24-25-27-28-30-32-34-36-38-40-46(50)45(44-55-56(52,53)54-43-42-49(3,4)5)48-47(51)41-39-37-35-33-31-29-26-21-19-17-15-13-11-9-7-2/h15,17,19,21,45-46,50H,6-14,16,18,20,22-44H2,1-5H3,(H-,48,51,52,53)/p+1/b17-15-,21-19-. The van der Waals surface area contributed by atoms with Crippen molar-refractivity contribution in [3.63, 3.8) is 0 Å². The summed E-state index contributed by atoms with van der Waals surface area (Å²) in [6, 6.07) is -0.764. The fraction of sp³-hybridized carbons (Fsp3) is 0.894. The summed E-state index contributed by atoms with van der Waals surface area (Å²) in [5, 5.41) is 14.0. The molecule has 8 nitrogen and oxygen atoms in total. The molecule has 0 aromatic heterocycles. The van der Waals surface area contributed by atoms with Gasteiger partial charge in [0.25, 0.3) is 0 Å². The number of phosphoric ester groups is 1. The van der Waals surface area contributed by atoms with Gasteiger partial charge in [0, 0.05) is 6.42 Å². The fourth-order valence-corrected chi connectivity index (χ4v) is 7.66. The van der Waals surface area contributed by atoms with E-state index in [1.165, 1.54) is 141 Å². The Bertz CT molecular complexity index is 969. The normalized spacial score (nSPS) is 14.5. The number of carbonyl (C=O) groups excluding carboxylic acids is 1. The number of quaternary nitrogens is 1. The molecule has 56 heavy (non-hydrogen) atoms. The Labute approximate surface area is 347 Å². The van der Waals surface area contributed by atoms with Crippen LogP contribution in [0.25, 0.3) is 0 Å². The van der Waals surface area contributed by atoms with Crippen molar-refractivity contribution in [1.82, 2.24) is 5.32 Å². The summed E-state index contributed by atoms with van der Waals surface area (Å²) >= 11 is 0. The highest BCUT2D eigenvalue weighted by atomic mass is 31.2. The van der Waals surface area contributed by atoms with Crippen LogP contribution in [0.2, 0.25) is 0 Å². The lowest BCUT2D eigenvalue weighted by molar-refractivity contribution is -0.870. The molecular weight excluding hydrogens is 719 g/mol. The van der Waals surface area contributed by atoms with Crippen molar-refractivity contribution in [3.05, 3.63) is 24.3 Å². The third kappa shape index (κ3) is 41.2. The summed E-state index contributed by atoms with van der Waals surface area (Å²) < 4.78 is 23.7. The number of carbonyl (C=O) groups is 1. The Hall–Kier alpha value is -1.02. The van der Waals surface area contributed by atoms with E-state index in [4.69, 9.17) is 9.05 Å². The maximum atomic E-state index is 12.9. The van der Waals surface area contributed by atoms with E-state index in [2.05, 4.69) is 43.5 Å². The molecule has 0 rings (SSSR count). The van der Waals surface area contributed by atoms with E-state index in [0.717, 1.165) is 51.4 Å². The SMILES string of the molecule is CCCCC/C=C\C=C/CCCCCCCCC(=O)NC(COP(=O)(O)OCC[N+](C)(C)C)C(O)CCCCCCCCCCCCCCCCCCCCC. The summed E-state index contributed by atoms with van der Waals surface area (Å²) in [4.78, 5) is 23.2. The Balaban J connectivity index is 4.32. The van der Waals surface area contributed by atoms with E-state index in [9.17, 15) is 19.4 Å². The van der Waals surface area contributed by atoms with Crippen LogP contribution in [0.3, 0.4) is 0 Å². The first-order valence-electron chi connectivity index (χ1n) is 23.7. The predicted octanol–water partition coefficient (Wildman–Crippen LogP) is 13.3. The second-order valence-corrected chi connectivity index (χ2v) is 19.0. The first-order valence-corrected chi connectivity index (χ1v) is 25.2. The largest absolute Gasteiger partial charge is 0.472 e. The van der Waals surface area contributed by atoms with Crippen LogP contribution in [0.4, 0.5) is 0 Å². The number of nitrogens with one attached hydrogen (secondary N) is 1. The second kappa shape index (κ2) is 39.4. The highest BCUT2D eigenvalue weighted by molar-refractivity contribution is 7.47. The van der Waals surface area contributed by atoms with Crippen molar-refractivity contribution in [3.8, 4) is 0 Å². The van der Waals surface area contributed by atoms with Gasteiger partial charge in [-0.25, -0.2) is 4.57 Å². The zero-order chi connectivity index (χ0) is 41.4. The number of allylic oxidation sites excluding steroid dienone is 4. The van der Waals surface area contributed by atoms with Crippen molar-refractivity contribution >= 4 is 13.7 Å². The average Bonchev–Trinajstić information content (AvgIpc) is 3.15. The van der Waals surface area contributed by atoms with Crippen LogP contribution in [0.15, 0.2) is 24.3 Å². The minimum atomic E-state index is -4.32. The molecule has 1 amide bonds. The van der Waals surface area contributed by atoms with E-state index >= 15 is 0 Å². The van der Waals surface area contributed by atoms with Crippen molar-refractivity contribution in [2.75, 3.05) is 40.9 Å². The van der Waals surface area contributed by atoms with Gasteiger partial charge < -0.3 is 19.8 Å². The Morgan fingerprint density at radius 2 is 1.00 bits per heavy atom. The molecule has 0 aliphatic carbocycles. The third-order valence-electron chi connectivity index (χ3n) is 10.7. The van der Waals surface area contributed by atoms with Gasteiger partial charge in [0.1, 0.15) is 13.2 Å². The van der Waals surface area contributed by atoms with Gasteiger partial charge in [-0.3, -0.25) is 13.8 Å². The van der Waals surface area contributed by atoms with Gasteiger partial charge in [0.05, 0.1) is 39.9 Å². The molecule has 3 unspecified atom stereocenters. The van der Waals surface area contributed by atoms with Crippen LogP contribution < -0.4 is 5.32 Å². The third-order valence-corrected chi connectivity index (χ3v) is 11.7. The molecule has 3 atom stereocenters. The van der Waals surface area contributed by atoms with Gasteiger partial charge >= 0.3 is 7.82 Å². The van der Waals surface area contributed by atoms with E-state index in [0.29, 0.717) is 23.9 Å². The molecule has 0 heterocycles. The van der Waals surface area contributed by atoms with Crippen LogP contribution >= 0.6 is 7.82 Å². The van der Waals surface area contributed by atoms with E-state index in [1.807, 2.05) is 21.1 Å². The number of hydrogen-bond donors (Lipinski definition) is 3. The molecule has 3 N–H and O–H groups in total. The smallest absolute Gasteiger partial charge is 0.391 e. The Kier molecular flexibility index (Phi) is 38.7. The zero-order valence-corrected chi connectivity index (χ0v) is 38.5. The van der Waals surface area contributed by atoms with E-state index < -0.39 is 20.0 Å². The molecule has 0 aromatic carbocycles. The second-order valence-electron chi connectivity index (χ2n) is 17.5. The summed E-state index contributed by atoms with van der Waals surface area (Å²) in [6.45, 7) is 4.86. The van der Waals surface area contributed by atoms with Crippen LogP contribution in [0.5, 0.6) is 0 Å². The van der Waals surface area contributed by atoms with Crippen molar-refractivity contribution < 1.29 is 32.9 Å². The summed E-state index contributed by atoms with van der Waals surface area (Å²) in [5.41, 5.74) is 0. The van der Waals surface area contributed by atoms with Gasteiger partial charge in [-0.05, 0) is 38.5 Å². The number of unbranched alkanes of at least 4 members (excludes halogenated alkanes) is 27. The minimum Gasteiger partial charge on any atom is -0.391 e. The zero-order valence-electron chi connectivity index (χ0n) is 37.6. The minimum absolute atomic E-state index is 0.0729. The molecule has 0 saturated carbocycles. The van der Waals surface area contributed by atoms with E-state index in [1.54, 1.807) is 0 Å². The quantitative estimate of drug-likeness (QED) is 0.0245. The first kappa shape index (κ1) is 55.0. The summed E-state index contributed by atoms with van der Waals surface area (Å²) in [7, 11) is 1.61. The lowest BCUT2D eigenvalue weighted by Gasteiger charge is -2.26. The first-order chi connectivity index (χ1) is 27.0. The molecule has 0 radical (unpaired) electrons. The highest BCUT2D eigenvalue weighted by Gasteiger charge is 2.28. The summed E-state index contributed by atoms with van der Waals surface area (Å²) in [5.74, 6) is -0.155. The molecule has 0 bridgehead atoms. The summed E-state index contributed by atoms with van der Waals surface area (Å²) in [6.07, 6.45) is 46.3. The van der Waals surface area contributed by atoms with Crippen molar-refractivity contribution in [2.24, 2.45) is 0 Å². The molecule has 0 aromatic rings. The molecule has 0 aliphatic rings. The van der Waals surface area contributed by atoms with Gasteiger partial charge in [-0.2, -0.15) is 0 Å². The lowest BCUT2D eigenvalue weighted by Crippen LogP contribution is -2.46. The maximum Gasteiger partial charge on any atom is 0.472 e. The molecule has 0 fully saturated rings. The van der Waals surface area contributed by atoms with E-state index in [-0.39, 0.29) is 19.1 Å². The van der Waals surface area contributed by atoms with Crippen LogP contribution in [-0.4, -0.2) is 73.4 Å². The predicted molar refractivity (Wildman–Crippen MR) is 240 cm³/mol. The van der Waals surface area contributed by atoms with Crippen LogP contribution in [0.1, 0.15) is 219 Å². The van der Waals surface area contributed by atoms with Gasteiger partial charge in [0.15, 0.2) is 0 Å². The highest BCUT2D eigenvalue weighted by Crippen LogP contribution is 2.43. The monoisotopic (exact) mass is 814 g/mol. The molecule has 0 saturated heterocycles. The number of nitrogens with zero attached hydrogens (tertiary/aromatic N) is 1. The van der Waals surface area contributed by atoms with Gasteiger partial charge in [-0.15, -0.1) is 0 Å². The van der Waals surface area contributed by atoms with Crippen molar-refractivity contribution in [2.45, 2.75) is 231 Å². The molecule has 332 valence electrons. The van der Waals surface area contributed by atoms with Gasteiger partial charge in [-0.1, -0.05) is 199 Å². The fourth-order valence-electron chi connectivity index (χ4n) is 6.92. The van der Waals surface area contributed by atoms with Crippen molar-refractivity contribution in [1.29, 1.82) is 0 Å². The number of hydrogen-bond acceptors (Lipinski definition) is 5. The molecular formula is C47H94N2O6P+. The molecule has 9 heteroatoms. The Morgan fingerprint density at radius 3 is 1.46 bits per heavy atom. The number of likely N-dealkylation sites (N-methyl/N-ethyl adjacent to an activating group) is 1. The Morgan fingerprint density at radius 1 is 0.607 bits per heavy atom. The number of aliphatic hydroxyl groups excluding tert-OH is 1.